The molecule has 1 rings (SSSR count). The first-order chi connectivity index (χ1) is 8.66. The summed E-state index contributed by atoms with van der Waals surface area (Å²) in [5.41, 5.74) is 0.609. The Morgan fingerprint density at radius 1 is 1.11 bits per heavy atom. The highest BCUT2D eigenvalue weighted by Gasteiger charge is 2.21. The van der Waals surface area contributed by atoms with Crippen molar-refractivity contribution in [3.8, 4) is 0 Å². The minimum atomic E-state index is -3.70. The van der Waals surface area contributed by atoms with Crippen LogP contribution in [0.3, 0.4) is 0 Å². The van der Waals surface area contributed by atoms with Crippen molar-refractivity contribution >= 4 is 19.9 Å². The maximum Gasteiger partial charge on any atom is 0.242 e. The molecular formula is C11H17NO5S2. The molecule has 108 valence electrons. The molecule has 0 bridgehead atoms. The summed E-state index contributed by atoms with van der Waals surface area (Å²) in [5, 5.41) is 8.89. The molecule has 8 heteroatoms. The quantitative estimate of drug-likeness (QED) is 0.789. The zero-order chi connectivity index (χ0) is 14.7. The topological polar surface area (TPSA) is 91.8 Å². The molecule has 0 saturated heterocycles. The van der Waals surface area contributed by atoms with Crippen LogP contribution in [-0.4, -0.2) is 51.8 Å². The molecular weight excluding hydrogens is 290 g/mol. The van der Waals surface area contributed by atoms with Crippen molar-refractivity contribution in [3.05, 3.63) is 29.8 Å². The van der Waals surface area contributed by atoms with Gasteiger partial charge in [0.15, 0.2) is 0 Å². The van der Waals surface area contributed by atoms with Crippen LogP contribution in [0.5, 0.6) is 0 Å². The Kier molecular flexibility index (Phi) is 5.08. The molecule has 0 aliphatic heterocycles. The van der Waals surface area contributed by atoms with Crippen molar-refractivity contribution in [2.75, 3.05) is 25.6 Å². The first-order valence-electron chi connectivity index (χ1n) is 5.50. The SMILES string of the molecule is CN(CCS(C)(=O)=O)S(=O)(=O)c1ccc(CO)cc1. The molecule has 1 aromatic rings. The van der Waals surface area contributed by atoms with Gasteiger partial charge in [-0.05, 0) is 17.7 Å². The molecule has 0 fully saturated rings. The van der Waals surface area contributed by atoms with E-state index in [2.05, 4.69) is 0 Å². The highest BCUT2D eigenvalue weighted by molar-refractivity contribution is 7.91. The number of sulfone groups is 1. The van der Waals surface area contributed by atoms with Crippen molar-refractivity contribution in [2.24, 2.45) is 0 Å². The van der Waals surface area contributed by atoms with Crippen LogP contribution < -0.4 is 0 Å². The third-order valence-electron chi connectivity index (χ3n) is 2.59. The molecule has 0 aliphatic rings. The first-order valence-corrected chi connectivity index (χ1v) is 9.01. The summed E-state index contributed by atoms with van der Waals surface area (Å²) in [6.07, 6.45) is 1.06. The van der Waals surface area contributed by atoms with Crippen LogP contribution in [0.25, 0.3) is 0 Å². The van der Waals surface area contributed by atoms with E-state index in [-0.39, 0.29) is 23.8 Å². The fourth-order valence-corrected chi connectivity index (χ4v) is 3.25. The van der Waals surface area contributed by atoms with Crippen LogP contribution in [0.4, 0.5) is 0 Å². The number of sulfonamides is 1. The average molecular weight is 307 g/mol. The van der Waals surface area contributed by atoms with Crippen LogP contribution in [0, 0.1) is 0 Å². The van der Waals surface area contributed by atoms with Crippen LogP contribution >= 0.6 is 0 Å². The Balaban J connectivity index is 2.90. The fraction of sp³-hybridized carbons (Fsp3) is 0.455. The van der Waals surface area contributed by atoms with E-state index in [0.717, 1.165) is 10.6 Å². The maximum atomic E-state index is 12.1. The van der Waals surface area contributed by atoms with E-state index in [4.69, 9.17) is 5.11 Å². The standard InChI is InChI=1S/C11H17NO5S2/c1-12(7-8-18(2,14)15)19(16,17)11-5-3-10(9-13)4-6-11/h3-6,13H,7-9H2,1-2H3. The van der Waals surface area contributed by atoms with E-state index in [9.17, 15) is 16.8 Å². The van der Waals surface area contributed by atoms with E-state index in [0.29, 0.717) is 5.56 Å². The number of rotatable bonds is 6. The Morgan fingerprint density at radius 3 is 2.05 bits per heavy atom. The molecule has 1 aromatic carbocycles. The molecule has 0 atom stereocenters. The molecule has 0 amide bonds. The average Bonchev–Trinajstić information content (AvgIpc) is 2.35. The molecule has 0 unspecified atom stereocenters. The molecule has 19 heavy (non-hydrogen) atoms. The summed E-state index contributed by atoms with van der Waals surface area (Å²) in [6.45, 7) is -0.257. The number of nitrogens with zero attached hydrogens (tertiary/aromatic N) is 1. The minimum absolute atomic E-state index is 0.0701. The highest BCUT2D eigenvalue weighted by atomic mass is 32.2. The molecule has 0 aromatic heterocycles. The van der Waals surface area contributed by atoms with Gasteiger partial charge in [0.25, 0.3) is 0 Å². The summed E-state index contributed by atoms with van der Waals surface area (Å²) in [5.74, 6) is -0.225. The molecule has 0 saturated carbocycles. The second kappa shape index (κ2) is 6.00. The first kappa shape index (κ1) is 16.1. The van der Waals surface area contributed by atoms with Gasteiger partial charge in [-0.2, -0.15) is 4.31 Å². The predicted molar refractivity (Wildman–Crippen MR) is 71.9 cm³/mol. The molecule has 0 heterocycles. The highest BCUT2D eigenvalue weighted by Crippen LogP contribution is 2.15. The van der Waals surface area contributed by atoms with Gasteiger partial charge in [-0.1, -0.05) is 12.1 Å². The van der Waals surface area contributed by atoms with Gasteiger partial charge in [-0.3, -0.25) is 0 Å². The van der Waals surface area contributed by atoms with E-state index in [1.165, 1.54) is 31.3 Å². The number of hydrogen-bond acceptors (Lipinski definition) is 5. The normalized spacial score (nSPS) is 12.8. The number of benzene rings is 1. The van der Waals surface area contributed by atoms with Gasteiger partial charge in [0, 0.05) is 19.8 Å². The Hall–Kier alpha value is -0.960. The van der Waals surface area contributed by atoms with E-state index >= 15 is 0 Å². The lowest BCUT2D eigenvalue weighted by atomic mass is 10.2. The largest absolute Gasteiger partial charge is 0.392 e. The van der Waals surface area contributed by atoms with Crippen molar-refractivity contribution < 1.29 is 21.9 Å². The Labute approximate surface area is 113 Å². The van der Waals surface area contributed by atoms with Gasteiger partial charge in [0.05, 0.1) is 17.3 Å². The number of aliphatic hydroxyl groups excluding tert-OH is 1. The van der Waals surface area contributed by atoms with Crippen molar-refractivity contribution in [3.63, 3.8) is 0 Å². The van der Waals surface area contributed by atoms with Crippen LogP contribution in [-0.2, 0) is 26.5 Å². The molecule has 0 spiro atoms. The lowest BCUT2D eigenvalue weighted by Crippen LogP contribution is -2.31. The fourth-order valence-electron chi connectivity index (χ4n) is 1.36. The molecule has 0 radical (unpaired) electrons. The third kappa shape index (κ3) is 4.57. The van der Waals surface area contributed by atoms with Crippen LogP contribution in [0.2, 0.25) is 0 Å². The minimum Gasteiger partial charge on any atom is -0.392 e. The monoisotopic (exact) mass is 307 g/mol. The van der Waals surface area contributed by atoms with Gasteiger partial charge in [0.1, 0.15) is 9.84 Å². The molecule has 6 nitrogen and oxygen atoms in total. The lowest BCUT2D eigenvalue weighted by molar-refractivity contribution is 0.281. The van der Waals surface area contributed by atoms with E-state index in [1.807, 2.05) is 0 Å². The van der Waals surface area contributed by atoms with Crippen LogP contribution in [0.15, 0.2) is 29.2 Å². The summed E-state index contributed by atoms with van der Waals surface area (Å²) < 4.78 is 47.3. The van der Waals surface area contributed by atoms with Crippen molar-refractivity contribution in [2.45, 2.75) is 11.5 Å². The third-order valence-corrected chi connectivity index (χ3v) is 5.39. The second-order valence-corrected chi connectivity index (χ2v) is 8.56. The van der Waals surface area contributed by atoms with Crippen molar-refractivity contribution in [1.29, 1.82) is 0 Å². The van der Waals surface area contributed by atoms with Gasteiger partial charge in [0.2, 0.25) is 10.0 Å². The zero-order valence-electron chi connectivity index (χ0n) is 10.8. The second-order valence-electron chi connectivity index (χ2n) is 4.26. The van der Waals surface area contributed by atoms with E-state index < -0.39 is 19.9 Å². The maximum absolute atomic E-state index is 12.1. The summed E-state index contributed by atoms with van der Waals surface area (Å²) in [7, 11) is -5.58. The summed E-state index contributed by atoms with van der Waals surface area (Å²) in [6, 6.07) is 5.80. The summed E-state index contributed by atoms with van der Waals surface area (Å²) >= 11 is 0. The molecule has 1 N–H and O–H groups in total. The van der Waals surface area contributed by atoms with Gasteiger partial charge in [-0.15, -0.1) is 0 Å². The zero-order valence-corrected chi connectivity index (χ0v) is 12.4. The predicted octanol–water partition coefficient (Wildman–Crippen LogP) is -0.156. The van der Waals surface area contributed by atoms with Gasteiger partial charge in [-0.25, -0.2) is 16.8 Å². The van der Waals surface area contributed by atoms with E-state index in [1.54, 1.807) is 0 Å². The van der Waals surface area contributed by atoms with Gasteiger partial charge >= 0.3 is 0 Å². The number of hydrogen-bond donors (Lipinski definition) is 1. The number of aliphatic hydroxyl groups is 1. The smallest absolute Gasteiger partial charge is 0.242 e. The Bertz CT molecular complexity index is 620. The van der Waals surface area contributed by atoms with Crippen LogP contribution in [0.1, 0.15) is 5.56 Å². The Morgan fingerprint density at radius 2 is 1.63 bits per heavy atom. The lowest BCUT2D eigenvalue weighted by Gasteiger charge is -2.16. The van der Waals surface area contributed by atoms with Crippen molar-refractivity contribution in [1.82, 2.24) is 4.31 Å². The molecule has 0 aliphatic carbocycles. The van der Waals surface area contributed by atoms with Gasteiger partial charge < -0.3 is 5.11 Å². The summed E-state index contributed by atoms with van der Waals surface area (Å²) in [4.78, 5) is 0.0701.